The number of aliphatic hydroxyl groups excluding tert-OH is 2. The molecular formula is C41H43N4NaO12. The molecule has 2 aromatic carbocycles. The second-order valence-electron chi connectivity index (χ2n) is 14.8. The van der Waals surface area contributed by atoms with Crippen LogP contribution in [0, 0.1) is 11.8 Å². The number of aliphatic hydroxyl groups is 2. The summed E-state index contributed by atoms with van der Waals surface area (Å²) >= 11 is 0. The first-order valence-corrected chi connectivity index (χ1v) is 18.8. The summed E-state index contributed by atoms with van der Waals surface area (Å²) < 4.78 is 15.1. The molecule has 0 aromatic heterocycles. The summed E-state index contributed by atoms with van der Waals surface area (Å²) in [5.41, 5.74) is 4.70. The number of ether oxygens (including phenoxy) is 3. The third-order valence-electron chi connectivity index (χ3n) is 11.2. The summed E-state index contributed by atoms with van der Waals surface area (Å²) in [7, 11) is 0. The van der Waals surface area contributed by atoms with Crippen LogP contribution in [0.4, 0.5) is 9.59 Å². The second kappa shape index (κ2) is 17.5. The Balaban J connectivity index is 0.000000193. The van der Waals surface area contributed by atoms with Crippen molar-refractivity contribution in [3.63, 3.8) is 0 Å². The van der Waals surface area contributed by atoms with Gasteiger partial charge in [-0.15, -0.1) is 0 Å². The summed E-state index contributed by atoms with van der Waals surface area (Å²) in [5.74, 6) is -3.72. The minimum absolute atomic E-state index is 0. The molecule has 8 rings (SSSR count). The Morgan fingerprint density at radius 2 is 1.19 bits per heavy atom. The van der Waals surface area contributed by atoms with Crippen LogP contribution in [-0.2, 0) is 46.5 Å². The number of carboxylic acid groups (broad SMARTS) is 1. The summed E-state index contributed by atoms with van der Waals surface area (Å²) in [6.45, 7) is 9.47. The maximum absolute atomic E-state index is 12.7. The van der Waals surface area contributed by atoms with E-state index in [2.05, 4.69) is 6.58 Å². The molecule has 300 valence electrons. The zero-order valence-electron chi connectivity index (χ0n) is 32.5. The van der Waals surface area contributed by atoms with Gasteiger partial charge in [0.05, 0.1) is 60.9 Å². The Bertz CT molecular complexity index is 2060. The van der Waals surface area contributed by atoms with Gasteiger partial charge in [0.1, 0.15) is 25.5 Å². The fraction of sp³-hybridized carbons (Fsp3) is 0.415. The number of β-lactam (4-membered cyclic amide) rings is 2. The van der Waals surface area contributed by atoms with E-state index in [-0.39, 0.29) is 83.6 Å². The van der Waals surface area contributed by atoms with Crippen LogP contribution in [0.25, 0.3) is 11.1 Å². The van der Waals surface area contributed by atoms with Crippen LogP contribution < -0.4 is 34.7 Å². The average molecular weight is 807 g/mol. The molecule has 6 aliphatic heterocycles. The standard InChI is InChI=1S/C22H24N2O6.C19H20N2O6.Na/c1-3-9-29-21(27)19-16(11-17-18(13(2)25)20(26)24(17)19)15-6-4-14(5-7-15)12-23-8-10-30-22(23)28;1-10(22)15-14-8-13(16(18(24)25)21(14)17(15)23)12-4-2-11(3-5-12)9-20-6-7-27-19(20)26;/h3-7,13,17-18,25H,1,8-12H2,2H3;2-5,10,14-15,22H,6-9H2,1H3,(H,24,25);/q;;+1/p-1/t13-,17-,18-;10-,14-,15-;/m11./s1. The number of hydrogen-bond acceptors (Lipinski definition) is 12. The monoisotopic (exact) mass is 806 g/mol. The molecule has 0 saturated carbocycles. The van der Waals surface area contributed by atoms with Crippen molar-refractivity contribution in [1.29, 1.82) is 0 Å². The SMILES string of the molecule is C=CCOC(=O)C1=C(c2ccc(CN3CCOC3=O)cc2)C[C@@H]2[C@@H]([C@@H](C)O)C(=O)N12.C[C@@H](O)[C@H]1C(=O)N2C(C(=O)[O-])=C(c3ccc(CN4CCOC4=O)cc3)C[C@H]12.[Na+]. The molecule has 16 nitrogen and oxygen atoms in total. The fourth-order valence-corrected chi connectivity index (χ4v) is 8.44. The number of carbonyl (C=O) groups is 6. The first-order chi connectivity index (χ1) is 27.3. The number of amides is 4. The molecule has 6 aliphatic rings. The Hall–Kier alpha value is -5.00. The number of benzene rings is 2. The van der Waals surface area contributed by atoms with Crippen LogP contribution in [0.5, 0.6) is 0 Å². The van der Waals surface area contributed by atoms with E-state index < -0.39 is 36.0 Å². The number of rotatable bonds is 12. The van der Waals surface area contributed by atoms with E-state index in [4.69, 9.17) is 14.2 Å². The van der Waals surface area contributed by atoms with Crippen LogP contribution in [0.3, 0.4) is 0 Å². The van der Waals surface area contributed by atoms with E-state index in [1.165, 1.54) is 22.8 Å². The minimum atomic E-state index is -1.39. The van der Waals surface area contributed by atoms with Gasteiger partial charge in [-0.25, -0.2) is 14.4 Å². The molecule has 0 unspecified atom stereocenters. The van der Waals surface area contributed by atoms with E-state index >= 15 is 0 Å². The van der Waals surface area contributed by atoms with Crippen LogP contribution in [0.15, 0.2) is 72.6 Å². The normalized spacial score (nSPS) is 24.1. The predicted molar refractivity (Wildman–Crippen MR) is 197 cm³/mol. The largest absolute Gasteiger partial charge is 1.00 e. The molecule has 6 atom stereocenters. The van der Waals surface area contributed by atoms with Crippen molar-refractivity contribution in [2.24, 2.45) is 11.8 Å². The number of fused-ring (bicyclic) bond motifs is 2. The quantitative estimate of drug-likeness (QED) is 0.0819. The van der Waals surface area contributed by atoms with Gasteiger partial charge < -0.3 is 53.9 Å². The van der Waals surface area contributed by atoms with Crippen molar-refractivity contribution in [3.8, 4) is 0 Å². The van der Waals surface area contributed by atoms with Crippen molar-refractivity contribution < 1.29 is 87.9 Å². The molecule has 0 aliphatic carbocycles. The van der Waals surface area contributed by atoms with Gasteiger partial charge in [-0.3, -0.25) is 9.59 Å². The third-order valence-corrected chi connectivity index (χ3v) is 11.2. The van der Waals surface area contributed by atoms with Crippen molar-refractivity contribution in [2.45, 2.75) is 64.1 Å². The van der Waals surface area contributed by atoms with Crippen LogP contribution in [0.2, 0.25) is 0 Å². The van der Waals surface area contributed by atoms with E-state index in [1.807, 2.05) is 36.4 Å². The molecule has 6 heterocycles. The topological polar surface area (TPSA) is 207 Å². The maximum Gasteiger partial charge on any atom is 1.00 e. The van der Waals surface area contributed by atoms with Gasteiger partial charge in [0.15, 0.2) is 0 Å². The van der Waals surface area contributed by atoms with Crippen molar-refractivity contribution in [1.82, 2.24) is 19.6 Å². The number of carbonyl (C=O) groups excluding carboxylic acids is 6. The number of nitrogens with zero attached hydrogens (tertiary/aromatic N) is 4. The van der Waals surface area contributed by atoms with Gasteiger partial charge in [0.25, 0.3) is 0 Å². The first-order valence-electron chi connectivity index (χ1n) is 18.8. The van der Waals surface area contributed by atoms with Gasteiger partial charge in [-0.1, -0.05) is 61.2 Å². The average Bonchev–Trinajstić information content (AvgIpc) is 3.95. The smallest absolute Gasteiger partial charge is 0.543 e. The molecule has 0 bridgehead atoms. The predicted octanol–water partition coefficient (Wildman–Crippen LogP) is -1.59. The van der Waals surface area contributed by atoms with E-state index in [9.17, 15) is 44.1 Å². The zero-order chi connectivity index (χ0) is 40.7. The number of aliphatic carboxylic acids is 1. The van der Waals surface area contributed by atoms with Gasteiger partial charge in [-0.2, -0.15) is 0 Å². The molecular weight excluding hydrogens is 763 g/mol. The molecule has 0 radical (unpaired) electrons. The van der Waals surface area contributed by atoms with Crippen LogP contribution in [-0.4, -0.2) is 123 Å². The molecule has 58 heavy (non-hydrogen) atoms. The van der Waals surface area contributed by atoms with Gasteiger partial charge >= 0.3 is 47.7 Å². The minimum Gasteiger partial charge on any atom is -0.543 e. The number of esters is 1. The summed E-state index contributed by atoms with van der Waals surface area (Å²) in [4.78, 5) is 78.2. The Kier molecular flexibility index (Phi) is 12.8. The van der Waals surface area contributed by atoms with E-state index in [0.29, 0.717) is 63.4 Å². The van der Waals surface area contributed by atoms with E-state index in [1.54, 1.807) is 28.9 Å². The zero-order valence-corrected chi connectivity index (χ0v) is 34.5. The molecule has 4 fully saturated rings. The third kappa shape index (κ3) is 7.91. The Labute approximate surface area is 356 Å². The van der Waals surface area contributed by atoms with Gasteiger partial charge in [0, 0.05) is 13.1 Å². The first kappa shape index (κ1) is 42.6. The fourth-order valence-electron chi connectivity index (χ4n) is 8.44. The Morgan fingerprint density at radius 1 is 0.776 bits per heavy atom. The summed E-state index contributed by atoms with van der Waals surface area (Å²) in [6.07, 6.45) is 0.0230. The Morgan fingerprint density at radius 3 is 1.55 bits per heavy atom. The molecule has 2 N–H and O–H groups in total. The summed E-state index contributed by atoms with van der Waals surface area (Å²) in [5, 5.41) is 31.4. The number of carboxylic acids is 1. The maximum atomic E-state index is 12.7. The number of hydrogen-bond donors (Lipinski definition) is 2. The van der Waals surface area contributed by atoms with Crippen molar-refractivity contribution in [3.05, 3.63) is 94.8 Å². The second-order valence-corrected chi connectivity index (χ2v) is 14.8. The van der Waals surface area contributed by atoms with Gasteiger partial charge in [-0.05, 0) is 60.1 Å². The van der Waals surface area contributed by atoms with Gasteiger partial charge in [0.2, 0.25) is 11.8 Å². The molecule has 17 heteroatoms. The molecule has 2 aromatic rings. The van der Waals surface area contributed by atoms with Crippen LogP contribution >= 0.6 is 0 Å². The number of cyclic esters (lactones) is 2. The van der Waals surface area contributed by atoms with Crippen LogP contribution in [0.1, 0.15) is 48.9 Å². The van der Waals surface area contributed by atoms with Crippen molar-refractivity contribution in [2.75, 3.05) is 32.9 Å². The van der Waals surface area contributed by atoms with E-state index in [0.717, 1.165) is 22.3 Å². The molecule has 4 amide bonds. The summed E-state index contributed by atoms with van der Waals surface area (Å²) in [6, 6.07) is 14.1. The molecule has 4 saturated heterocycles. The molecule has 0 spiro atoms. The van der Waals surface area contributed by atoms with Crippen molar-refractivity contribution >= 4 is 47.1 Å².